The van der Waals surface area contributed by atoms with Gasteiger partial charge in [0.2, 0.25) is 5.91 Å². The van der Waals surface area contributed by atoms with Gasteiger partial charge < -0.3 is 25.7 Å². The summed E-state index contributed by atoms with van der Waals surface area (Å²) in [5.74, 6) is -0.596. The summed E-state index contributed by atoms with van der Waals surface area (Å²) < 4.78 is 0. The van der Waals surface area contributed by atoms with E-state index in [-0.39, 0.29) is 0 Å². The van der Waals surface area contributed by atoms with Crippen molar-refractivity contribution in [3.8, 4) is 0 Å². The number of aliphatic hydroxyl groups is 4. The van der Waals surface area contributed by atoms with Gasteiger partial charge in [-0.15, -0.1) is 0 Å². The molecule has 0 aliphatic carbocycles. The summed E-state index contributed by atoms with van der Waals surface area (Å²) in [6.07, 6.45) is 62.1. The highest BCUT2D eigenvalue weighted by molar-refractivity contribution is 5.80. The zero-order valence-corrected chi connectivity index (χ0v) is 41.4. The fourth-order valence-electron chi connectivity index (χ4n) is 8.50. The summed E-state index contributed by atoms with van der Waals surface area (Å²) in [4.78, 5) is 12.6. The fourth-order valence-corrected chi connectivity index (χ4v) is 8.50. The number of amides is 1. The smallest absolute Gasteiger partial charge is 0.249 e. The normalized spacial score (nSPS) is 14.1. The monoisotopic (exact) mass is 874 g/mol. The van der Waals surface area contributed by atoms with Crippen molar-refractivity contribution < 1.29 is 25.2 Å². The van der Waals surface area contributed by atoms with Crippen LogP contribution in [0.5, 0.6) is 0 Å². The number of nitrogens with one attached hydrogen (secondary N) is 1. The van der Waals surface area contributed by atoms with E-state index in [9.17, 15) is 25.2 Å². The number of aliphatic hydroxyl groups excluding tert-OH is 4. The first-order chi connectivity index (χ1) is 30.5. The van der Waals surface area contributed by atoms with Crippen molar-refractivity contribution in [3.63, 3.8) is 0 Å². The minimum Gasteiger partial charge on any atom is -0.394 e. The minimum atomic E-state index is -1.29. The average molecular weight is 874 g/mol. The largest absolute Gasteiger partial charge is 0.394 e. The Morgan fingerprint density at radius 2 is 0.677 bits per heavy atom. The summed E-state index contributed by atoms with van der Waals surface area (Å²) in [5.41, 5.74) is 0. The van der Waals surface area contributed by atoms with Gasteiger partial charge in [0, 0.05) is 0 Å². The van der Waals surface area contributed by atoms with Crippen molar-refractivity contribution in [2.45, 2.75) is 308 Å². The fraction of sp³-hybridized carbons (Fsp3) is 0.875. The Hall–Kier alpha value is -1.47. The predicted molar refractivity (Wildman–Crippen MR) is 270 cm³/mol. The van der Waals surface area contributed by atoms with Crippen LogP contribution in [0.1, 0.15) is 284 Å². The van der Waals surface area contributed by atoms with Crippen LogP contribution in [0.2, 0.25) is 0 Å². The van der Waals surface area contributed by atoms with E-state index in [1.807, 2.05) is 0 Å². The van der Waals surface area contributed by atoms with Crippen molar-refractivity contribution >= 4 is 5.91 Å². The Kier molecular flexibility index (Phi) is 49.3. The van der Waals surface area contributed by atoms with Crippen LogP contribution >= 0.6 is 0 Å². The average Bonchev–Trinajstić information content (AvgIpc) is 3.28. The van der Waals surface area contributed by atoms with Crippen molar-refractivity contribution in [1.29, 1.82) is 0 Å². The number of carbonyl (C=O) groups is 1. The van der Waals surface area contributed by atoms with Gasteiger partial charge in [-0.1, -0.05) is 256 Å². The number of rotatable bonds is 50. The van der Waals surface area contributed by atoms with Crippen molar-refractivity contribution in [2.24, 2.45) is 0 Å². The van der Waals surface area contributed by atoms with Crippen molar-refractivity contribution in [3.05, 3.63) is 36.5 Å². The molecule has 5 N–H and O–H groups in total. The molecule has 0 saturated heterocycles. The molecule has 0 bridgehead atoms. The van der Waals surface area contributed by atoms with Crippen molar-refractivity contribution in [1.82, 2.24) is 5.32 Å². The Labute approximate surface area is 386 Å². The van der Waals surface area contributed by atoms with E-state index in [0.29, 0.717) is 19.3 Å². The zero-order valence-electron chi connectivity index (χ0n) is 41.4. The lowest BCUT2D eigenvalue weighted by atomic mass is 10.00. The molecule has 62 heavy (non-hydrogen) atoms. The number of unbranched alkanes of at least 4 members (excludes halogenated alkanes) is 35. The van der Waals surface area contributed by atoms with Gasteiger partial charge in [0.15, 0.2) is 0 Å². The first kappa shape index (κ1) is 60.5. The molecule has 0 aliphatic rings. The van der Waals surface area contributed by atoms with Gasteiger partial charge in [-0.3, -0.25) is 4.79 Å². The van der Waals surface area contributed by atoms with Crippen molar-refractivity contribution in [2.75, 3.05) is 6.61 Å². The van der Waals surface area contributed by atoms with Gasteiger partial charge in [0.25, 0.3) is 0 Å². The molecule has 0 heterocycles. The van der Waals surface area contributed by atoms with Crippen LogP contribution in [-0.2, 0) is 4.79 Å². The minimum absolute atomic E-state index is 0.362. The molecule has 0 aromatic heterocycles. The molecule has 0 aromatic rings. The Morgan fingerprint density at radius 3 is 1.02 bits per heavy atom. The lowest BCUT2D eigenvalue weighted by molar-refractivity contribution is -0.132. The highest BCUT2D eigenvalue weighted by Crippen LogP contribution is 2.17. The highest BCUT2D eigenvalue weighted by Gasteiger charge is 2.28. The van der Waals surface area contributed by atoms with Gasteiger partial charge >= 0.3 is 0 Å². The molecule has 0 aliphatic heterocycles. The molecule has 366 valence electrons. The first-order valence-corrected chi connectivity index (χ1v) is 27.4. The van der Waals surface area contributed by atoms with Crippen LogP contribution in [0.25, 0.3) is 0 Å². The van der Waals surface area contributed by atoms with Crippen LogP contribution < -0.4 is 5.32 Å². The summed E-state index contributed by atoms with van der Waals surface area (Å²) in [6, 6.07) is -1.01. The van der Waals surface area contributed by atoms with Crippen LogP contribution in [0.3, 0.4) is 0 Å². The maximum atomic E-state index is 12.6. The zero-order chi connectivity index (χ0) is 45.2. The molecule has 4 atom stereocenters. The summed E-state index contributed by atoms with van der Waals surface area (Å²) in [7, 11) is 0. The first-order valence-electron chi connectivity index (χ1n) is 27.4. The van der Waals surface area contributed by atoms with E-state index >= 15 is 0 Å². The molecule has 0 rings (SSSR count). The highest BCUT2D eigenvalue weighted by atomic mass is 16.3. The second-order valence-corrected chi connectivity index (χ2v) is 18.9. The van der Waals surface area contributed by atoms with Crippen LogP contribution in [0.4, 0.5) is 0 Å². The Morgan fingerprint density at radius 1 is 0.387 bits per heavy atom. The molecule has 6 heteroatoms. The quantitative estimate of drug-likeness (QED) is 0.0309. The molecule has 0 fully saturated rings. The van der Waals surface area contributed by atoms with Gasteiger partial charge in [0.1, 0.15) is 12.2 Å². The maximum absolute atomic E-state index is 12.6. The molecule has 0 saturated carbocycles. The van der Waals surface area contributed by atoms with E-state index in [0.717, 1.165) is 51.4 Å². The third kappa shape index (κ3) is 43.8. The van der Waals surface area contributed by atoms with Gasteiger partial charge in [-0.2, -0.15) is 0 Å². The summed E-state index contributed by atoms with van der Waals surface area (Å²) in [5, 5.41) is 43.9. The summed E-state index contributed by atoms with van der Waals surface area (Å²) in [6.45, 7) is 4.07. The third-order valence-electron chi connectivity index (χ3n) is 12.8. The number of allylic oxidation sites excluding steroid dienone is 6. The lowest BCUT2D eigenvalue weighted by Crippen LogP contribution is -2.53. The van der Waals surface area contributed by atoms with Gasteiger partial charge in [-0.05, 0) is 64.2 Å². The topological polar surface area (TPSA) is 110 Å². The van der Waals surface area contributed by atoms with Crippen LogP contribution in [0, 0.1) is 0 Å². The van der Waals surface area contributed by atoms with Gasteiger partial charge in [0.05, 0.1) is 18.8 Å². The third-order valence-corrected chi connectivity index (χ3v) is 12.8. The Balaban J connectivity index is 3.72. The predicted octanol–water partition coefficient (Wildman–Crippen LogP) is 15.6. The molecule has 0 aromatic carbocycles. The van der Waals surface area contributed by atoms with Crippen LogP contribution in [0.15, 0.2) is 36.5 Å². The van der Waals surface area contributed by atoms with E-state index in [2.05, 4.69) is 55.6 Å². The molecule has 0 spiro atoms. The standard InChI is InChI=1S/C56H107NO5/c1-3-5-7-9-11-13-15-17-19-21-23-25-26-27-28-29-30-32-33-35-37-39-41-43-45-47-49-53(59)55(61)52(51-58)57-56(62)54(60)50-48-46-44-42-40-38-36-34-31-24-22-20-18-16-14-12-10-8-6-4-2/h28-29,33,35,41,43,52-55,58-61H,3-27,30-32,34,36-40,42,44-51H2,1-2H3,(H,57,62)/b29-28+,35-33+,43-41+. The number of hydrogen-bond donors (Lipinski definition) is 5. The van der Waals surface area contributed by atoms with E-state index in [4.69, 9.17) is 0 Å². The molecule has 1 amide bonds. The number of carbonyl (C=O) groups excluding carboxylic acids is 1. The van der Waals surface area contributed by atoms with Crippen LogP contribution in [-0.4, -0.2) is 57.3 Å². The van der Waals surface area contributed by atoms with E-state index in [1.165, 1.54) is 199 Å². The summed E-state index contributed by atoms with van der Waals surface area (Å²) >= 11 is 0. The molecular formula is C56H107NO5. The SMILES string of the molecule is CCCCCCCCCCCCCCC/C=C/CC/C=C/CC/C=C/CCCC(O)C(O)C(CO)NC(=O)C(O)CCCCCCCCCCCCCCCCCCCCCC. The van der Waals surface area contributed by atoms with E-state index < -0.39 is 36.9 Å². The lowest BCUT2D eigenvalue weighted by Gasteiger charge is -2.27. The Bertz CT molecular complexity index is 981. The second-order valence-electron chi connectivity index (χ2n) is 18.9. The van der Waals surface area contributed by atoms with E-state index in [1.54, 1.807) is 0 Å². The molecule has 0 radical (unpaired) electrons. The molecule has 6 nitrogen and oxygen atoms in total. The molecule has 4 unspecified atom stereocenters. The number of hydrogen-bond acceptors (Lipinski definition) is 5. The second kappa shape index (κ2) is 50.5. The molecular weight excluding hydrogens is 767 g/mol. The maximum Gasteiger partial charge on any atom is 0.249 e. The van der Waals surface area contributed by atoms with Gasteiger partial charge in [-0.25, -0.2) is 0 Å².